The Morgan fingerprint density at radius 3 is 2.62 bits per heavy atom. The van der Waals surface area contributed by atoms with E-state index in [4.69, 9.17) is 10.5 Å². The quantitative estimate of drug-likeness (QED) is 0.848. The van der Waals surface area contributed by atoms with Gasteiger partial charge in [0.05, 0.1) is 18.5 Å². The molecule has 0 aliphatic rings. The number of nitrogens with zero attached hydrogens (tertiary/aromatic N) is 2. The summed E-state index contributed by atoms with van der Waals surface area (Å²) in [6.07, 6.45) is 1.77. The van der Waals surface area contributed by atoms with Gasteiger partial charge in [0.15, 0.2) is 0 Å². The minimum atomic E-state index is -0.545. The summed E-state index contributed by atoms with van der Waals surface area (Å²) < 4.78 is 6.37. The Bertz CT molecular complexity index is 383. The highest BCUT2D eigenvalue weighted by molar-refractivity contribution is 5.77. The maximum atomic E-state index is 11.3. The molecule has 0 aromatic carbocycles. The number of imidazole rings is 1. The third kappa shape index (κ3) is 2.53. The van der Waals surface area contributed by atoms with Crippen molar-refractivity contribution in [3.63, 3.8) is 0 Å². The van der Waals surface area contributed by atoms with Crippen LogP contribution >= 0.6 is 0 Å². The fourth-order valence-corrected chi connectivity index (χ4v) is 1.62. The summed E-state index contributed by atoms with van der Waals surface area (Å²) in [6, 6.07) is -0.278. The van der Waals surface area contributed by atoms with Gasteiger partial charge < -0.3 is 10.5 Å². The lowest BCUT2D eigenvalue weighted by Gasteiger charge is -2.08. The van der Waals surface area contributed by atoms with Gasteiger partial charge in [0.1, 0.15) is 0 Å². The second-order valence-corrected chi connectivity index (χ2v) is 4.24. The molecule has 0 bridgehead atoms. The van der Waals surface area contributed by atoms with Crippen molar-refractivity contribution >= 4 is 6.03 Å². The number of rotatable bonds is 4. The average Bonchev–Trinajstić information content (AvgIpc) is 2.51. The molecule has 5 nitrogen and oxygen atoms in total. The zero-order valence-electron chi connectivity index (χ0n) is 10.3. The summed E-state index contributed by atoms with van der Waals surface area (Å²) in [5.74, 6) is 0.571. The number of methoxy groups -OCH3 is 1. The van der Waals surface area contributed by atoms with Gasteiger partial charge in [-0.25, -0.2) is 9.36 Å². The summed E-state index contributed by atoms with van der Waals surface area (Å²) >= 11 is 0. The van der Waals surface area contributed by atoms with Gasteiger partial charge >= 0.3 is 12.0 Å². The summed E-state index contributed by atoms with van der Waals surface area (Å²) in [7, 11) is 1.48. The smallest absolute Gasteiger partial charge is 0.327 e. The zero-order valence-corrected chi connectivity index (χ0v) is 10.3. The molecule has 0 saturated heterocycles. The van der Waals surface area contributed by atoms with E-state index in [9.17, 15) is 4.79 Å². The molecule has 1 amide bonds. The van der Waals surface area contributed by atoms with Crippen LogP contribution in [0.3, 0.4) is 0 Å². The molecule has 1 heterocycles. The maximum Gasteiger partial charge on any atom is 0.327 e. The highest BCUT2D eigenvalue weighted by Gasteiger charge is 2.18. The van der Waals surface area contributed by atoms with Crippen LogP contribution in [-0.2, 0) is 6.42 Å². The van der Waals surface area contributed by atoms with E-state index in [2.05, 4.69) is 18.8 Å². The van der Waals surface area contributed by atoms with Crippen LogP contribution in [-0.4, -0.2) is 22.7 Å². The largest absolute Gasteiger partial charge is 0.468 e. The Balaban J connectivity index is 3.05. The first-order valence-corrected chi connectivity index (χ1v) is 5.39. The molecule has 0 aliphatic carbocycles. The first-order valence-electron chi connectivity index (χ1n) is 5.39. The molecule has 1 aromatic rings. The summed E-state index contributed by atoms with van der Waals surface area (Å²) in [5, 5.41) is 0. The Kier molecular flexibility index (Phi) is 3.93. The van der Waals surface area contributed by atoms with E-state index in [1.165, 1.54) is 11.7 Å². The van der Waals surface area contributed by atoms with E-state index in [0.29, 0.717) is 5.92 Å². The Morgan fingerprint density at radius 1 is 1.56 bits per heavy atom. The van der Waals surface area contributed by atoms with Crippen molar-refractivity contribution in [1.82, 2.24) is 9.55 Å². The number of carbonyl (C=O) groups is 1. The number of aromatic nitrogens is 2. The standard InChI is InChI=1S/C11H19N3O2/c1-7(2)5-6-9-8(3)13-11(16-4)14(9)10(12)15/h7H,5-6H2,1-4H3,(H2,12,15). The number of primary amides is 1. The van der Waals surface area contributed by atoms with Crippen LogP contribution in [0.5, 0.6) is 6.01 Å². The summed E-state index contributed by atoms with van der Waals surface area (Å²) in [5.41, 5.74) is 6.96. The van der Waals surface area contributed by atoms with Crippen LogP contribution in [0, 0.1) is 12.8 Å². The molecule has 1 aromatic heterocycles. The fourth-order valence-electron chi connectivity index (χ4n) is 1.62. The molecule has 0 fully saturated rings. The minimum Gasteiger partial charge on any atom is -0.468 e. The predicted molar refractivity (Wildman–Crippen MR) is 61.7 cm³/mol. The van der Waals surface area contributed by atoms with E-state index in [1.807, 2.05) is 6.92 Å². The van der Waals surface area contributed by atoms with Gasteiger partial charge in [-0.2, -0.15) is 4.98 Å². The average molecular weight is 225 g/mol. The van der Waals surface area contributed by atoms with E-state index in [0.717, 1.165) is 24.2 Å². The SMILES string of the molecule is COc1nc(C)c(CCC(C)C)n1C(N)=O. The third-order valence-electron chi connectivity index (χ3n) is 2.50. The van der Waals surface area contributed by atoms with Crippen LogP contribution in [0.15, 0.2) is 0 Å². The van der Waals surface area contributed by atoms with Crippen LogP contribution < -0.4 is 10.5 Å². The van der Waals surface area contributed by atoms with E-state index in [1.54, 1.807) is 0 Å². The highest BCUT2D eigenvalue weighted by Crippen LogP contribution is 2.19. The third-order valence-corrected chi connectivity index (χ3v) is 2.50. The number of hydrogen-bond donors (Lipinski definition) is 1. The highest BCUT2D eigenvalue weighted by atomic mass is 16.5. The van der Waals surface area contributed by atoms with E-state index >= 15 is 0 Å². The second-order valence-electron chi connectivity index (χ2n) is 4.24. The molecule has 0 atom stereocenters. The van der Waals surface area contributed by atoms with Crippen LogP contribution in [0.1, 0.15) is 31.7 Å². The number of amides is 1. The maximum absolute atomic E-state index is 11.3. The number of ether oxygens (including phenoxy) is 1. The normalized spacial score (nSPS) is 10.8. The summed E-state index contributed by atoms with van der Waals surface area (Å²) in [6.45, 7) is 6.13. The monoisotopic (exact) mass is 225 g/mol. The van der Waals surface area contributed by atoms with Gasteiger partial charge in [0.2, 0.25) is 0 Å². The molecular weight excluding hydrogens is 206 g/mol. The summed E-state index contributed by atoms with van der Waals surface area (Å²) in [4.78, 5) is 15.5. The van der Waals surface area contributed by atoms with Crippen molar-refractivity contribution in [2.24, 2.45) is 11.7 Å². The molecular formula is C11H19N3O2. The lowest BCUT2D eigenvalue weighted by molar-refractivity contribution is 0.245. The number of nitrogens with two attached hydrogens (primary N) is 1. The fraction of sp³-hybridized carbons (Fsp3) is 0.636. The molecule has 2 N–H and O–H groups in total. The molecule has 0 saturated carbocycles. The first-order chi connectivity index (χ1) is 7.47. The van der Waals surface area contributed by atoms with E-state index < -0.39 is 6.03 Å². The Morgan fingerprint density at radius 2 is 2.19 bits per heavy atom. The number of aryl methyl sites for hydroxylation is 1. The number of carbonyl (C=O) groups excluding carboxylic acids is 1. The predicted octanol–water partition coefficient (Wildman–Crippen LogP) is 1.72. The lowest BCUT2D eigenvalue weighted by Crippen LogP contribution is -2.22. The molecule has 5 heteroatoms. The Hall–Kier alpha value is -1.52. The minimum absolute atomic E-state index is 0.267. The van der Waals surface area contributed by atoms with E-state index in [-0.39, 0.29) is 6.01 Å². The molecule has 0 radical (unpaired) electrons. The van der Waals surface area contributed by atoms with Gasteiger partial charge in [-0.05, 0) is 25.7 Å². The zero-order chi connectivity index (χ0) is 12.3. The van der Waals surface area contributed by atoms with Crippen molar-refractivity contribution in [3.8, 4) is 6.01 Å². The van der Waals surface area contributed by atoms with Gasteiger partial charge in [-0.3, -0.25) is 0 Å². The first kappa shape index (κ1) is 12.5. The molecule has 16 heavy (non-hydrogen) atoms. The van der Waals surface area contributed by atoms with Gasteiger partial charge in [-0.1, -0.05) is 13.8 Å². The van der Waals surface area contributed by atoms with Crippen LogP contribution in [0.25, 0.3) is 0 Å². The van der Waals surface area contributed by atoms with Crippen molar-refractivity contribution in [2.45, 2.75) is 33.6 Å². The van der Waals surface area contributed by atoms with Gasteiger partial charge in [0.25, 0.3) is 0 Å². The molecule has 0 spiro atoms. The molecule has 1 rings (SSSR count). The lowest BCUT2D eigenvalue weighted by atomic mass is 10.1. The second kappa shape index (κ2) is 5.01. The molecule has 0 unspecified atom stereocenters. The topological polar surface area (TPSA) is 70.1 Å². The van der Waals surface area contributed by atoms with Crippen LogP contribution in [0.4, 0.5) is 4.79 Å². The molecule has 90 valence electrons. The van der Waals surface area contributed by atoms with Gasteiger partial charge in [0, 0.05) is 0 Å². The number of hydrogen-bond acceptors (Lipinski definition) is 3. The van der Waals surface area contributed by atoms with Crippen LogP contribution in [0.2, 0.25) is 0 Å². The van der Waals surface area contributed by atoms with Crippen molar-refractivity contribution in [3.05, 3.63) is 11.4 Å². The van der Waals surface area contributed by atoms with Crippen molar-refractivity contribution < 1.29 is 9.53 Å². The van der Waals surface area contributed by atoms with Crippen molar-refractivity contribution in [1.29, 1.82) is 0 Å². The molecule has 0 aliphatic heterocycles. The van der Waals surface area contributed by atoms with Crippen molar-refractivity contribution in [2.75, 3.05) is 7.11 Å². The van der Waals surface area contributed by atoms with Gasteiger partial charge in [-0.15, -0.1) is 0 Å². The Labute approximate surface area is 95.6 Å².